The number of carbonyl (C=O) groups excluding carboxylic acids is 1. The summed E-state index contributed by atoms with van der Waals surface area (Å²) in [5, 5.41) is 9.22. The third-order valence-corrected chi connectivity index (χ3v) is 3.82. The zero-order valence-electron chi connectivity index (χ0n) is 8.21. The molecule has 0 aromatic rings. The number of amides is 2. The minimum atomic E-state index is 0.00574. The molecule has 14 heavy (non-hydrogen) atoms. The van der Waals surface area contributed by atoms with Crippen LogP contribution < -0.4 is 16.0 Å². The van der Waals surface area contributed by atoms with E-state index in [1.165, 1.54) is 5.75 Å². The van der Waals surface area contributed by atoms with Crippen LogP contribution in [0.1, 0.15) is 12.8 Å². The molecular formula is C9H17N3OS. The van der Waals surface area contributed by atoms with Crippen LogP contribution in [0.15, 0.2) is 0 Å². The summed E-state index contributed by atoms with van der Waals surface area (Å²) in [5.74, 6) is 2.24. The van der Waals surface area contributed by atoms with Gasteiger partial charge in [-0.2, -0.15) is 11.8 Å². The fourth-order valence-electron chi connectivity index (χ4n) is 1.84. The molecule has 5 heteroatoms. The summed E-state index contributed by atoms with van der Waals surface area (Å²) < 4.78 is 0. The lowest BCUT2D eigenvalue weighted by molar-refractivity contribution is 0.235. The lowest BCUT2D eigenvalue weighted by Crippen LogP contribution is -2.46. The van der Waals surface area contributed by atoms with Crippen LogP contribution in [-0.4, -0.2) is 42.7 Å². The van der Waals surface area contributed by atoms with Crippen molar-refractivity contribution in [3.8, 4) is 0 Å². The van der Waals surface area contributed by atoms with E-state index in [9.17, 15) is 4.79 Å². The third kappa shape index (κ3) is 2.78. The number of urea groups is 1. The standard InChI is InChI=1S/C9H17N3OS/c13-9(11-7-1-3-10-5-7)12-8-2-4-14-6-8/h7-8,10H,1-6H2,(H2,11,12,13). The summed E-state index contributed by atoms with van der Waals surface area (Å²) in [5.41, 5.74) is 0. The minimum absolute atomic E-state index is 0.00574. The van der Waals surface area contributed by atoms with Crippen molar-refractivity contribution in [3.05, 3.63) is 0 Å². The Morgan fingerprint density at radius 3 is 2.79 bits per heavy atom. The Bertz CT molecular complexity index is 180. The van der Waals surface area contributed by atoms with Crippen molar-refractivity contribution in [2.75, 3.05) is 24.6 Å². The van der Waals surface area contributed by atoms with Crippen LogP contribution in [0.3, 0.4) is 0 Å². The Balaban J connectivity index is 1.66. The Morgan fingerprint density at radius 1 is 1.29 bits per heavy atom. The second kappa shape index (κ2) is 4.89. The molecule has 0 aliphatic carbocycles. The van der Waals surface area contributed by atoms with Crippen LogP contribution >= 0.6 is 11.8 Å². The molecule has 0 aromatic carbocycles. The topological polar surface area (TPSA) is 53.2 Å². The predicted molar refractivity (Wildman–Crippen MR) is 58.7 cm³/mol. The normalized spacial score (nSPS) is 31.7. The van der Waals surface area contributed by atoms with Gasteiger partial charge in [0, 0.05) is 24.4 Å². The molecule has 2 amide bonds. The maximum Gasteiger partial charge on any atom is 0.315 e. The first-order chi connectivity index (χ1) is 6.84. The van der Waals surface area contributed by atoms with Crippen molar-refractivity contribution in [2.45, 2.75) is 24.9 Å². The predicted octanol–water partition coefficient (Wildman–Crippen LogP) is 0.153. The van der Waals surface area contributed by atoms with Gasteiger partial charge < -0.3 is 16.0 Å². The second-order valence-corrected chi connectivity index (χ2v) is 5.02. The molecular weight excluding hydrogens is 198 g/mol. The molecule has 0 bridgehead atoms. The molecule has 2 saturated heterocycles. The van der Waals surface area contributed by atoms with E-state index in [2.05, 4.69) is 16.0 Å². The highest BCUT2D eigenvalue weighted by molar-refractivity contribution is 7.99. The Morgan fingerprint density at radius 2 is 2.14 bits per heavy atom. The summed E-state index contributed by atoms with van der Waals surface area (Å²) in [6.45, 7) is 1.93. The van der Waals surface area contributed by atoms with Gasteiger partial charge in [-0.3, -0.25) is 0 Å². The van der Waals surface area contributed by atoms with Crippen LogP contribution in [0.5, 0.6) is 0 Å². The van der Waals surface area contributed by atoms with Crippen LogP contribution in [0.2, 0.25) is 0 Å². The number of rotatable bonds is 2. The first-order valence-electron chi connectivity index (χ1n) is 5.20. The Hall–Kier alpha value is -0.420. The molecule has 3 N–H and O–H groups in total. The molecule has 0 aromatic heterocycles. The van der Waals surface area contributed by atoms with Crippen molar-refractivity contribution in [3.63, 3.8) is 0 Å². The van der Waals surface area contributed by atoms with Crippen LogP contribution in [0.25, 0.3) is 0 Å². The van der Waals surface area contributed by atoms with E-state index in [0.717, 1.165) is 31.7 Å². The summed E-state index contributed by atoms with van der Waals surface area (Å²) in [6.07, 6.45) is 2.16. The van der Waals surface area contributed by atoms with Gasteiger partial charge in [0.2, 0.25) is 0 Å². The van der Waals surface area contributed by atoms with E-state index in [-0.39, 0.29) is 6.03 Å². The van der Waals surface area contributed by atoms with Crippen LogP contribution in [0, 0.1) is 0 Å². The van der Waals surface area contributed by atoms with Gasteiger partial charge in [0.15, 0.2) is 0 Å². The van der Waals surface area contributed by atoms with Gasteiger partial charge in [0.05, 0.1) is 0 Å². The van der Waals surface area contributed by atoms with Gasteiger partial charge in [0.25, 0.3) is 0 Å². The van der Waals surface area contributed by atoms with E-state index >= 15 is 0 Å². The average Bonchev–Trinajstić information content (AvgIpc) is 2.76. The molecule has 2 aliphatic heterocycles. The lowest BCUT2D eigenvalue weighted by atomic mass is 10.2. The smallest absolute Gasteiger partial charge is 0.315 e. The highest BCUT2D eigenvalue weighted by Crippen LogP contribution is 2.16. The van der Waals surface area contributed by atoms with Crippen molar-refractivity contribution < 1.29 is 4.79 Å². The third-order valence-electron chi connectivity index (χ3n) is 2.66. The molecule has 2 heterocycles. The van der Waals surface area contributed by atoms with Crippen molar-refractivity contribution in [2.24, 2.45) is 0 Å². The molecule has 0 spiro atoms. The lowest BCUT2D eigenvalue weighted by Gasteiger charge is -2.15. The molecule has 80 valence electrons. The Labute approximate surface area is 88.6 Å². The maximum absolute atomic E-state index is 11.5. The fourth-order valence-corrected chi connectivity index (χ4v) is 2.99. The van der Waals surface area contributed by atoms with Crippen molar-refractivity contribution >= 4 is 17.8 Å². The van der Waals surface area contributed by atoms with E-state index in [1.54, 1.807) is 0 Å². The quantitative estimate of drug-likeness (QED) is 0.615. The van der Waals surface area contributed by atoms with Crippen LogP contribution in [0.4, 0.5) is 4.79 Å². The fraction of sp³-hybridized carbons (Fsp3) is 0.889. The highest BCUT2D eigenvalue weighted by atomic mass is 32.2. The molecule has 0 radical (unpaired) electrons. The molecule has 4 nitrogen and oxygen atoms in total. The largest absolute Gasteiger partial charge is 0.335 e. The first-order valence-corrected chi connectivity index (χ1v) is 6.35. The van der Waals surface area contributed by atoms with Gasteiger partial charge in [0.1, 0.15) is 0 Å². The zero-order valence-corrected chi connectivity index (χ0v) is 9.03. The van der Waals surface area contributed by atoms with E-state index in [1.807, 2.05) is 11.8 Å². The molecule has 2 unspecified atom stereocenters. The number of nitrogens with one attached hydrogen (secondary N) is 3. The molecule has 2 rings (SSSR count). The van der Waals surface area contributed by atoms with E-state index in [4.69, 9.17) is 0 Å². The second-order valence-electron chi connectivity index (χ2n) is 3.87. The van der Waals surface area contributed by atoms with Gasteiger partial charge in [-0.05, 0) is 25.1 Å². The summed E-state index contributed by atoms with van der Waals surface area (Å²) in [6, 6.07) is 0.713. The van der Waals surface area contributed by atoms with Gasteiger partial charge in [-0.25, -0.2) is 4.79 Å². The summed E-state index contributed by atoms with van der Waals surface area (Å²) >= 11 is 1.91. The summed E-state index contributed by atoms with van der Waals surface area (Å²) in [7, 11) is 0. The number of hydrogen-bond donors (Lipinski definition) is 3. The maximum atomic E-state index is 11.5. The van der Waals surface area contributed by atoms with Crippen molar-refractivity contribution in [1.82, 2.24) is 16.0 Å². The Kier molecular flexibility index (Phi) is 3.53. The molecule has 0 saturated carbocycles. The number of carbonyl (C=O) groups is 1. The van der Waals surface area contributed by atoms with E-state index in [0.29, 0.717) is 12.1 Å². The minimum Gasteiger partial charge on any atom is -0.335 e. The SMILES string of the molecule is O=C(NC1CCNC1)NC1CCSC1. The summed E-state index contributed by atoms with van der Waals surface area (Å²) in [4.78, 5) is 11.5. The van der Waals surface area contributed by atoms with Gasteiger partial charge in [-0.15, -0.1) is 0 Å². The van der Waals surface area contributed by atoms with E-state index < -0.39 is 0 Å². The van der Waals surface area contributed by atoms with Gasteiger partial charge >= 0.3 is 6.03 Å². The monoisotopic (exact) mass is 215 g/mol. The first kappa shape index (κ1) is 10.1. The number of thioether (sulfide) groups is 1. The van der Waals surface area contributed by atoms with Gasteiger partial charge in [-0.1, -0.05) is 0 Å². The van der Waals surface area contributed by atoms with Crippen LogP contribution in [-0.2, 0) is 0 Å². The molecule has 2 fully saturated rings. The van der Waals surface area contributed by atoms with Crippen molar-refractivity contribution in [1.29, 1.82) is 0 Å². The molecule has 2 aliphatic rings. The molecule has 2 atom stereocenters. The average molecular weight is 215 g/mol. The zero-order chi connectivity index (χ0) is 9.80. The highest BCUT2D eigenvalue weighted by Gasteiger charge is 2.20. The number of hydrogen-bond acceptors (Lipinski definition) is 3.